The van der Waals surface area contributed by atoms with Gasteiger partial charge in [-0.2, -0.15) is 0 Å². The summed E-state index contributed by atoms with van der Waals surface area (Å²) in [6, 6.07) is 10.6. The van der Waals surface area contributed by atoms with E-state index < -0.39 is 0 Å². The molecule has 0 fully saturated rings. The zero-order chi connectivity index (χ0) is 12.9. The fourth-order valence-corrected chi connectivity index (χ4v) is 3.29. The molecule has 0 aromatic heterocycles. The van der Waals surface area contributed by atoms with Crippen LogP contribution in [0, 0.1) is 7.14 Å². The highest BCUT2D eigenvalue weighted by Gasteiger charge is 2.31. The van der Waals surface area contributed by atoms with E-state index in [1.165, 1.54) is 0 Å². The van der Waals surface area contributed by atoms with Gasteiger partial charge in [-0.3, -0.25) is 9.59 Å². The highest BCUT2D eigenvalue weighted by molar-refractivity contribution is 14.1. The zero-order valence-corrected chi connectivity index (χ0v) is 13.4. The van der Waals surface area contributed by atoms with Crippen LogP contribution < -0.4 is 0 Å². The minimum atomic E-state index is -0.0606. The minimum Gasteiger partial charge on any atom is -0.289 e. The van der Waals surface area contributed by atoms with E-state index in [1.54, 1.807) is 30.3 Å². The summed E-state index contributed by atoms with van der Waals surface area (Å²) in [5.41, 5.74) is 2.08. The van der Waals surface area contributed by atoms with Crippen molar-refractivity contribution in [1.82, 2.24) is 0 Å². The van der Waals surface area contributed by atoms with Gasteiger partial charge in [-0.25, -0.2) is 0 Å². The van der Waals surface area contributed by atoms with Gasteiger partial charge in [0.2, 0.25) is 0 Å². The number of fused-ring (bicyclic) bond motifs is 2. The van der Waals surface area contributed by atoms with Gasteiger partial charge in [0.15, 0.2) is 11.6 Å². The Labute approximate surface area is 131 Å². The van der Waals surface area contributed by atoms with Gasteiger partial charge in [-0.15, -0.1) is 0 Å². The first-order chi connectivity index (χ1) is 8.61. The van der Waals surface area contributed by atoms with Gasteiger partial charge in [0.25, 0.3) is 0 Å². The lowest BCUT2D eigenvalue weighted by atomic mass is 9.84. The molecular weight excluding hydrogens is 454 g/mol. The molecule has 88 valence electrons. The standard InChI is InChI=1S/C14H6I2O2/c15-10-6-5-9-11(12(10)16)14(18)8-4-2-1-3-7(8)13(9)17/h1-6H. The van der Waals surface area contributed by atoms with Crippen LogP contribution in [0.5, 0.6) is 0 Å². The van der Waals surface area contributed by atoms with Gasteiger partial charge in [-0.05, 0) is 57.3 Å². The number of benzene rings is 2. The lowest BCUT2D eigenvalue weighted by molar-refractivity contribution is 0.0978. The first-order valence-electron chi connectivity index (χ1n) is 5.27. The van der Waals surface area contributed by atoms with Crippen molar-refractivity contribution in [1.29, 1.82) is 0 Å². The van der Waals surface area contributed by atoms with Crippen molar-refractivity contribution >= 4 is 56.7 Å². The van der Waals surface area contributed by atoms with Crippen LogP contribution in [0.15, 0.2) is 36.4 Å². The van der Waals surface area contributed by atoms with E-state index >= 15 is 0 Å². The molecule has 1 aliphatic rings. The van der Waals surface area contributed by atoms with Crippen molar-refractivity contribution < 1.29 is 9.59 Å². The number of hydrogen-bond donors (Lipinski definition) is 0. The predicted molar refractivity (Wildman–Crippen MR) is 85.2 cm³/mol. The van der Waals surface area contributed by atoms with Crippen molar-refractivity contribution in [3.8, 4) is 0 Å². The summed E-state index contributed by atoms with van der Waals surface area (Å²) >= 11 is 4.31. The topological polar surface area (TPSA) is 34.1 Å². The first-order valence-corrected chi connectivity index (χ1v) is 7.43. The van der Waals surface area contributed by atoms with E-state index in [9.17, 15) is 9.59 Å². The van der Waals surface area contributed by atoms with Crippen molar-refractivity contribution in [2.24, 2.45) is 0 Å². The second-order valence-corrected chi connectivity index (χ2v) is 6.23. The molecule has 0 saturated carbocycles. The van der Waals surface area contributed by atoms with Crippen molar-refractivity contribution in [2.75, 3.05) is 0 Å². The van der Waals surface area contributed by atoms with Crippen molar-refractivity contribution in [3.05, 3.63) is 65.8 Å². The maximum atomic E-state index is 12.5. The third-order valence-corrected chi connectivity index (χ3v) is 6.03. The largest absolute Gasteiger partial charge is 0.289 e. The number of rotatable bonds is 0. The molecule has 0 unspecified atom stereocenters. The number of carbonyl (C=O) groups excluding carboxylic acids is 2. The molecule has 0 spiro atoms. The molecule has 4 heteroatoms. The van der Waals surface area contributed by atoms with Gasteiger partial charge < -0.3 is 0 Å². The summed E-state index contributed by atoms with van der Waals surface area (Å²) in [5.74, 6) is -0.113. The highest BCUT2D eigenvalue weighted by atomic mass is 127. The van der Waals surface area contributed by atoms with Gasteiger partial charge in [0, 0.05) is 29.4 Å². The normalized spacial score (nSPS) is 13.2. The number of hydrogen-bond acceptors (Lipinski definition) is 2. The molecule has 3 rings (SSSR count). The summed E-state index contributed by atoms with van der Waals surface area (Å²) in [4.78, 5) is 24.8. The molecular formula is C14H6I2O2. The molecule has 0 atom stereocenters. The van der Waals surface area contributed by atoms with E-state index in [2.05, 4.69) is 45.2 Å². The van der Waals surface area contributed by atoms with Crippen LogP contribution in [0.25, 0.3) is 0 Å². The molecule has 0 radical (unpaired) electrons. The van der Waals surface area contributed by atoms with E-state index in [1.807, 2.05) is 6.07 Å². The first kappa shape index (κ1) is 12.3. The van der Waals surface area contributed by atoms with Crippen LogP contribution >= 0.6 is 45.2 Å². The van der Waals surface area contributed by atoms with Crippen LogP contribution in [0.3, 0.4) is 0 Å². The summed E-state index contributed by atoms with van der Waals surface area (Å²) < 4.78 is 1.85. The molecule has 0 amide bonds. The predicted octanol–water partition coefficient (Wildman–Crippen LogP) is 3.67. The van der Waals surface area contributed by atoms with Crippen LogP contribution in [0.2, 0.25) is 0 Å². The highest BCUT2D eigenvalue weighted by Crippen LogP contribution is 2.32. The third-order valence-electron chi connectivity index (χ3n) is 2.98. The Morgan fingerprint density at radius 3 is 2.00 bits per heavy atom. The molecule has 1 aliphatic carbocycles. The lowest BCUT2D eigenvalue weighted by Crippen LogP contribution is -2.22. The summed E-state index contributed by atoms with van der Waals surface area (Å²) in [5, 5.41) is 0. The van der Waals surface area contributed by atoms with Crippen LogP contribution in [-0.2, 0) is 0 Å². The van der Waals surface area contributed by atoms with Crippen LogP contribution in [-0.4, -0.2) is 11.6 Å². The smallest absolute Gasteiger partial charge is 0.195 e. The molecule has 2 nitrogen and oxygen atoms in total. The molecule has 0 saturated heterocycles. The second kappa shape index (κ2) is 4.41. The fourth-order valence-electron chi connectivity index (χ4n) is 2.12. The lowest BCUT2D eigenvalue weighted by Gasteiger charge is -2.18. The quantitative estimate of drug-likeness (QED) is 0.481. The summed E-state index contributed by atoms with van der Waals surface area (Å²) in [6.45, 7) is 0. The van der Waals surface area contributed by atoms with E-state index in [0.29, 0.717) is 22.3 Å². The fraction of sp³-hybridized carbons (Fsp3) is 0. The van der Waals surface area contributed by atoms with Gasteiger partial charge >= 0.3 is 0 Å². The Bertz CT molecular complexity index is 705. The van der Waals surface area contributed by atoms with Crippen molar-refractivity contribution in [2.45, 2.75) is 0 Å². The number of ketones is 2. The van der Waals surface area contributed by atoms with E-state index in [4.69, 9.17) is 0 Å². The van der Waals surface area contributed by atoms with E-state index in [0.717, 1.165) is 7.14 Å². The Balaban J connectivity index is 2.38. The zero-order valence-electron chi connectivity index (χ0n) is 9.04. The average Bonchev–Trinajstić information content (AvgIpc) is 2.39. The molecule has 2 aromatic carbocycles. The number of carbonyl (C=O) groups is 2. The maximum absolute atomic E-state index is 12.5. The molecule has 0 N–H and O–H groups in total. The molecule has 2 aromatic rings. The summed E-state index contributed by atoms with van der Waals surface area (Å²) in [7, 11) is 0. The Hall–Kier alpha value is -0.760. The molecule has 0 aliphatic heterocycles. The Morgan fingerprint density at radius 1 is 0.722 bits per heavy atom. The maximum Gasteiger partial charge on any atom is 0.195 e. The molecule has 0 bridgehead atoms. The molecule has 18 heavy (non-hydrogen) atoms. The van der Waals surface area contributed by atoms with Crippen LogP contribution in [0.1, 0.15) is 31.8 Å². The Morgan fingerprint density at radius 2 is 1.33 bits per heavy atom. The van der Waals surface area contributed by atoms with Gasteiger partial charge in [-0.1, -0.05) is 24.3 Å². The van der Waals surface area contributed by atoms with Gasteiger partial charge in [0.05, 0.1) is 0 Å². The Kier molecular flexibility index (Phi) is 3.01. The van der Waals surface area contributed by atoms with Crippen molar-refractivity contribution in [3.63, 3.8) is 0 Å². The average molecular weight is 460 g/mol. The van der Waals surface area contributed by atoms with Gasteiger partial charge in [0.1, 0.15) is 0 Å². The number of halogens is 2. The third kappa shape index (κ3) is 1.65. The summed E-state index contributed by atoms with van der Waals surface area (Å²) in [6.07, 6.45) is 0. The molecule has 0 heterocycles. The monoisotopic (exact) mass is 460 g/mol. The second-order valence-electron chi connectivity index (χ2n) is 3.99. The van der Waals surface area contributed by atoms with Crippen LogP contribution in [0.4, 0.5) is 0 Å². The SMILES string of the molecule is O=C1c2ccccc2C(=O)c2c1ccc(I)c2I. The minimum absolute atomic E-state index is 0.0527. The van der Waals surface area contributed by atoms with E-state index in [-0.39, 0.29) is 11.6 Å².